The van der Waals surface area contributed by atoms with Gasteiger partial charge in [0.1, 0.15) is 0 Å². The highest BCUT2D eigenvalue weighted by Gasteiger charge is 2.21. The molecule has 0 unspecified atom stereocenters. The zero-order valence-electron chi connectivity index (χ0n) is 37.3. The first kappa shape index (κ1) is 39.4. The average Bonchev–Trinajstić information content (AvgIpc) is 3.74. The van der Waals surface area contributed by atoms with Crippen LogP contribution in [-0.2, 0) is 0 Å². The van der Waals surface area contributed by atoms with Crippen LogP contribution in [0.1, 0.15) is 0 Å². The molecule has 2 nitrogen and oxygen atoms in total. The van der Waals surface area contributed by atoms with Gasteiger partial charge in [0.15, 0.2) is 0 Å². The average molecular weight is 865 g/mol. The van der Waals surface area contributed by atoms with Gasteiger partial charge in [-0.3, -0.25) is 0 Å². The lowest BCUT2D eigenvalue weighted by Crippen LogP contribution is -2.10. The molecule has 0 spiro atoms. The number of aromatic nitrogens is 1. The van der Waals surface area contributed by atoms with Gasteiger partial charge in [-0.15, -0.1) is 0 Å². The summed E-state index contributed by atoms with van der Waals surface area (Å²) in [6, 6.07) is 97.5. The van der Waals surface area contributed by atoms with Crippen LogP contribution in [0.25, 0.3) is 104 Å². The number of anilines is 3. The number of hydrogen-bond acceptors (Lipinski definition) is 1. The third kappa shape index (κ3) is 6.65. The van der Waals surface area contributed by atoms with Gasteiger partial charge in [0.2, 0.25) is 0 Å². The maximum absolute atomic E-state index is 2.44. The zero-order valence-corrected chi connectivity index (χ0v) is 37.3. The minimum atomic E-state index is 1.08. The molecule has 12 aromatic carbocycles. The summed E-state index contributed by atoms with van der Waals surface area (Å²) in [7, 11) is 0. The summed E-state index contributed by atoms with van der Waals surface area (Å²) in [5.74, 6) is 0. The lowest BCUT2D eigenvalue weighted by Gasteiger charge is -2.26. The summed E-state index contributed by atoms with van der Waals surface area (Å²) in [6.07, 6.45) is 0. The monoisotopic (exact) mass is 864 g/mol. The molecule has 0 saturated carbocycles. The molecule has 0 amide bonds. The SMILES string of the molecule is c1ccc(-c2ccc(N(c3cccc(-c4ccc5c(c4)c(-c4ccccc4)c(-c4ccccc4)c4ccccc45)c3)c3ccc4c(c3)c3ccccc3n4-c3cccc4ccccc34)cc2)cc1. The minimum Gasteiger partial charge on any atom is -0.310 e. The summed E-state index contributed by atoms with van der Waals surface area (Å²) in [4.78, 5) is 2.42. The zero-order chi connectivity index (χ0) is 45.0. The van der Waals surface area contributed by atoms with Gasteiger partial charge in [-0.05, 0) is 132 Å². The molecular formula is C66H44N2. The van der Waals surface area contributed by atoms with Crippen LogP contribution < -0.4 is 4.90 Å². The molecule has 0 aliphatic heterocycles. The molecule has 1 aromatic heterocycles. The molecule has 0 saturated heterocycles. The highest BCUT2D eigenvalue weighted by molar-refractivity contribution is 6.22. The van der Waals surface area contributed by atoms with Gasteiger partial charge in [-0.1, -0.05) is 206 Å². The molecule has 0 aliphatic carbocycles. The Morgan fingerprint density at radius 2 is 0.721 bits per heavy atom. The Labute approximate surface area is 395 Å². The third-order valence-corrected chi connectivity index (χ3v) is 13.7. The highest BCUT2D eigenvalue weighted by atomic mass is 15.1. The van der Waals surface area contributed by atoms with Gasteiger partial charge >= 0.3 is 0 Å². The second-order valence-electron chi connectivity index (χ2n) is 17.6. The van der Waals surface area contributed by atoms with Gasteiger partial charge in [0, 0.05) is 33.2 Å². The topological polar surface area (TPSA) is 8.17 Å². The van der Waals surface area contributed by atoms with Gasteiger partial charge < -0.3 is 9.47 Å². The first-order chi connectivity index (χ1) is 33.7. The molecule has 0 atom stereocenters. The van der Waals surface area contributed by atoms with Crippen molar-refractivity contribution in [1.29, 1.82) is 0 Å². The molecule has 13 aromatic rings. The second-order valence-corrected chi connectivity index (χ2v) is 17.6. The Morgan fingerprint density at radius 3 is 1.47 bits per heavy atom. The molecule has 0 bridgehead atoms. The fourth-order valence-electron chi connectivity index (χ4n) is 10.6. The largest absolute Gasteiger partial charge is 0.310 e. The van der Waals surface area contributed by atoms with E-state index in [1.807, 2.05) is 0 Å². The van der Waals surface area contributed by atoms with Crippen molar-refractivity contribution in [3.8, 4) is 50.2 Å². The molecule has 0 radical (unpaired) electrons. The Bertz CT molecular complexity index is 4000. The number of benzene rings is 12. The van der Waals surface area contributed by atoms with E-state index in [2.05, 4.69) is 276 Å². The summed E-state index contributed by atoms with van der Waals surface area (Å²) in [5, 5.41) is 9.87. The van der Waals surface area contributed by atoms with E-state index < -0.39 is 0 Å². The van der Waals surface area contributed by atoms with Crippen LogP contribution in [0.3, 0.4) is 0 Å². The van der Waals surface area contributed by atoms with Crippen molar-refractivity contribution in [2.75, 3.05) is 4.90 Å². The first-order valence-electron chi connectivity index (χ1n) is 23.4. The smallest absolute Gasteiger partial charge is 0.0542 e. The van der Waals surface area contributed by atoms with E-state index in [1.165, 1.54) is 98.8 Å². The third-order valence-electron chi connectivity index (χ3n) is 13.7. The van der Waals surface area contributed by atoms with E-state index >= 15 is 0 Å². The van der Waals surface area contributed by atoms with Crippen molar-refractivity contribution in [2.24, 2.45) is 0 Å². The van der Waals surface area contributed by atoms with E-state index in [9.17, 15) is 0 Å². The number of fused-ring (bicyclic) bond motifs is 7. The van der Waals surface area contributed by atoms with E-state index in [0.29, 0.717) is 0 Å². The first-order valence-corrected chi connectivity index (χ1v) is 23.4. The summed E-state index contributed by atoms with van der Waals surface area (Å²) in [6.45, 7) is 0. The molecular weight excluding hydrogens is 821 g/mol. The van der Waals surface area contributed by atoms with Crippen molar-refractivity contribution in [1.82, 2.24) is 4.57 Å². The fourth-order valence-corrected chi connectivity index (χ4v) is 10.6. The number of para-hydroxylation sites is 1. The number of hydrogen-bond donors (Lipinski definition) is 0. The minimum absolute atomic E-state index is 1.08. The van der Waals surface area contributed by atoms with Crippen LogP contribution in [0.4, 0.5) is 17.1 Å². The molecule has 0 fully saturated rings. The second kappa shape index (κ2) is 16.5. The van der Waals surface area contributed by atoms with Gasteiger partial charge in [0.05, 0.1) is 16.7 Å². The normalized spacial score (nSPS) is 11.5. The fraction of sp³-hybridized carbons (Fsp3) is 0. The van der Waals surface area contributed by atoms with Gasteiger partial charge in [-0.2, -0.15) is 0 Å². The molecule has 13 rings (SSSR count). The van der Waals surface area contributed by atoms with E-state index in [0.717, 1.165) is 22.6 Å². The maximum Gasteiger partial charge on any atom is 0.0542 e. The quantitative estimate of drug-likeness (QED) is 0.138. The molecule has 318 valence electrons. The predicted molar refractivity (Wildman–Crippen MR) is 290 cm³/mol. The number of rotatable bonds is 8. The van der Waals surface area contributed by atoms with Crippen molar-refractivity contribution in [3.63, 3.8) is 0 Å². The van der Waals surface area contributed by atoms with Crippen LogP contribution in [-0.4, -0.2) is 4.57 Å². The van der Waals surface area contributed by atoms with Crippen molar-refractivity contribution < 1.29 is 0 Å². The highest BCUT2D eigenvalue weighted by Crippen LogP contribution is 2.47. The maximum atomic E-state index is 2.44. The Kier molecular flexibility index (Phi) is 9.54. The van der Waals surface area contributed by atoms with Crippen LogP contribution in [0.2, 0.25) is 0 Å². The Balaban J connectivity index is 1.01. The number of nitrogens with zero attached hydrogens (tertiary/aromatic N) is 2. The molecule has 2 heteroatoms. The van der Waals surface area contributed by atoms with Crippen molar-refractivity contribution in [3.05, 3.63) is 267 Å². The molecule has 0 N–H and O–H groups in total. The van der Waals surface area contributed by atoms with E-state index in [1.54, 1.807) is 0 Å². The lowest BCUT2D eigenvalue weighted by atomic mass is 9.84. The van der Waals surface area contributed by atoms with Gasteiger partial charge in [-0.25, -0.2) is 0 Å². The summed E-state index contributed by atoms with van der Waals surface area (Å²) in [5.41, 5.74) is 16.4. The van der Waals surface area contributed by atoms with Crippen LogP contribution in [0, 0.1) is 0 Å². The van der Waals surface area contributed by atoms with Crippen molar-refractivity contribution in [2.45, 2.75) is 0 Å². The molecule has 0 aliphatic rings. The Hall–Kier alpha value is -8.98. The van der Waals surface area contributed by atoms with Crippen molar-refractivity contribution >= 4 is 71.2 Å². The van der Waals surface area contributed by atoms with Crippen LogP contribution >= 0.6 is 0 Å². The van der Waals surface area contributed by atoms with Gasteiger partial charge in [0.25, 0.3) is 0 Å². The van der Waals surface area contributed by atoms with E-state index in [4.69, 9.17) is 0 Å². The molecule has 68 heavy (non-hydrogen) atoms. The predicted octanol–water partition coefficient (Wildman–Crippen LogP) is 18.4. The van der Waals surface area contributed by atoms with Crippen LogP contribution in [0.15, 0.2) is 267 Å². The molecule has 1 heterocycles. The summed E-state index contributed by atoms with van der Waals surface area (Å²) < 4.78 is 2.44. The Morgan fingerprint density at radius 1 is 0.235 bits per heavy atom. The lowest BCUT2D eigenvalue weighted by molar-refractivity contribution is 1.20. The van der Waals surface area contributed by atoms with Crippen LogP contribution in [0.5, 0.6) is 0 Å². The summed E-state index contributed by atoms with van der Waals surface area (Å²) >= 11 is 0. The van der Waals surface area contributed by atoms with E-state index in [-0.39, 0.29) is 0 Å². The standard InChI is InChI=1S/C66H44N2/c1-4-18-45(19-5-1)46-34-37-52(38-35-46)67(54-39-41-64-60(44-54)58-30-14-15-32-63(58)68(64)62-33-17-25-47-20-10-11-28-55(47)62)53-27-16-26-50(42-53)51-36-40-57-56-29-12-13-31-59(56)65(48-21-6-2-7-22-48)66(61(57)43-51)49-23-8-3-9-24-49/h1-44H.